The van der Waals surface area contributed by atoms with E-state index in [-0.39, 0.29) is 0 Å². The van der Waals surface area contributed by atoms with Gasteiger partial charge >= 0.3 is 105 Å². The molecule has 0 amide bonds. The summed E-state index contributed by atoms with van der Waals surface area (Å²) in [6, 6.07) is 0.894. The minimum absolute atomic E-state index is 0.491. The maximum atomic E-state index is 3.65. The van der Waals surface area contributed by atoms with Gasteiger partial charge in [0.2, 0.25) is 0 Å². The second kappa shape index (κ2) is 6.24. The Kier molecular flexibility index (Phi) is 4.95. The summed E-state index contributed by atoms with van der Waals surface area (Å²) in [5, 5.41) is 3.65. The van der Waals surface area contributed by atoms with E-state index in [2.05, 4.69) is 24.4 Å². The van der Waals surface area contributed by atoms with Crippen molar-refractivity contribution < 1.29 is 21.2 Å². The van der Waals surface area contributed by atoms with Crippen molar-refractivity contribution in [1.29, 1.82) is 0 Å². The average molecular weight is 320 g/mol. The van der Waals surface area contributed by atoms with Gasteiger partial charge in [-0.25, -0.2) is 0 Å². The first-order valence-electron chi connectivity index (χ1n) is 6.38. The number of alkyl halides is 2. The molecule has 0 aromatic heterocycles. The quantitative estimate of drug-likeness (QED) is 0.398. The molecular weight excluding hydrogens is 297 g/mol. The molecule has 1 aliphatic carbocycles. The van der Waals surface area contributed by atoms with E-state index in [9.17, 15) is 0 Å². The molecule has 2 unspecified atom stereocenters. The van der Waals surface area contributed by atoms with E-state index in [1.165, 1.54) is 38.6 Å². The molecule has 1 saturated carbocycles. The summed E-state index contributed by atoms with van der Waals surface area (Å²) in [7, 11) is 0. The van der Waals surface area contributed by atoms with E-state index < -0.39 is 0 Å². The molecular formula is C13H23IN-. The van der Waals surface area contributed by atoms with Gasteiger partial charge in [0.25, 0.3) is 0 Å². The SMILES string of the molecule is CC/C=C/C1[I-]CCC1CCNC1CC1. The molecule has 2 fully saturated rings. The van der Waals surface area contributed by atoms with Crippen molar-refractivity contribution in [2.75, 3.05) is 11.0 Å². The van der Waals surface area contributed by atoms with Crippen molar-refractivity contribution in [2.45, 2.75) is 49.0 Å². The van der Waals surface area contributed by atoms with E-state index in [4.69, 9.17) is 0 Å². The van der Waals surface area contributed by atoms with Crippen molar-refractivity contribution in [3.8, 4) is 0 Å². The Morgan fingerprint density at radius 1 is 1.33 bits per heavy atom. The van der Waals surface area contributed by atoms with Gasteiger partial charge < -0.3 is 0 Å². The Hall–Kier alpha value is 0.430. The van der Waals surface area contributed by atoms with Crippen LogP contribution in [-0.2, 0) is 0 Å². The molecule has 88 valence electrons. The zero-order chi connectivity index (χ0) is 10.5. The Bertz CT molecular complexity index is 211. The molecule has 2 aliphatic rings. The standard InChI is InChI=1S/C13H23IN/c1-2-3-4-13-11(7-9-14-13)8-10-15-12-5-6-12/h3-4,11-13,15H,2,5-10H2,1H3/q-1/b4-3+. The Labute approximate surface area is 104 Å². The zero-order valence-electron chi connectivity index (χ0n) is 9.71. The third-order valence-electron chi connectivity index (χ3n) is 3.30. The number of allylic oxidation sites excluding steroid dienone is 2. The predicted octanol–water partition coefficient (Wildman–Crippen LogP) is -0.428. The van der Waals surface area contributed by atoms with E-state index in [1.54, 1.807) is 4.43 Å². The molecule has 0 radical (unpaired) electrons. The van der Waals surface area contributed by atoms with Gasteiger partial charge in [0.05, 0.1) is 0 Å². The number of hydrogen-bond acceptors (Lipinski definition) is 1. The third kappa shape index (κ3) is 4.06. The Balaban J connectivity index is 1.66. The molecule has 2 rings (SSSR count). The Morgan fingerprint density at radius 3 is 2.93 bits per heavy atom. The van der Waals surface area contributed by atoms with Crippen LogP contribution in [0.25, 0.3) is 0 Å². The number of rotatable bonds is 6. The topological polar surface area (TPSA) is 12.0 Å². The van der Waals surface area contributed by atoms with Crippen LogP contribution in [0.4, 0.5) is 0 Å². The summed E-state index contributed by atoms with van der Waals surface area (Å²) in [6.45, 7) is 3.52. The third-order valence-corrected chi connectivity index (χ3v) is 6.99. The van der Waals surface area contributed by atoms with Crippen LogP contribution in [0.3, 0.4) is 0 Å². The Morgan fingerprint density at radius 2 is 2.20 bits per heavy atom. The summed E-state index contributed by atoms with van der Waals surface area (Å²) in [5.41, 5.74) is 0. The molecule has 2 heteroatoms. The molecule has 0 aromatic carbocycles. The molecule has 2 atom stereocenters. The van der Waals surface area contributed by atoms with Crippen molar-refractivity contribution >= 4 is 0 Å². The van der Waals surface area contributed by atoms with Crippen molar-refractivity contribution in [3.63, 3.8) is 0 Å². The number of hydrogen-bond donors (Lipinski definition) is 1. The number of halogens is 1. The summed E-state index contributed by atoms with van der Waals surface area (Å²) >= 11 is 0.491. The molecule has 15 heavy (non-hydrogen) atoms. The van der Waals surface area contributed by atoms with Crippen molar-refractivity contribution in [3.05, 3.63) is 12.2 Å². The van der Waals surface area contributed by atoms with Crippen LogP contribution in [0.2, 0.25) is 0 Å². The van der Waals surface area contributed by atoms with Crippen LogP contribution in [0.5, 0.6) is 0 Å². The van der Waals surface area contributed by atoms with Crippen LogP contribution >= 0.6 is 0 Å². The summed E-state index contributed by atoms with van der Waals surface area (Å²) in [6.07, 6.45) is 11.9. The van der Waals surface area contributed by atoms with Crippen LogP contribution in [0, 0.1) is 5.92 Å². The summed E-state index contributed by atoms with van der Waals surface area (Å²) in [5.74, 6) is 1.02. The molecule has 0 aromatic rings. The van der Waals surface area contributed by atoms with Gasteiger partial charge in [-0.05, 0) is 0 Å². The molecule has 1 heterocycles. The maximum absolute atomic E-state index is 3.65. The monoisotopic (exact) mass is 320 g/mol. The van der Waals surface area contributed by atoms with E-state index in [0.717, 1.165) is 15.9 Å². The fourth-order valence-electron chi connectivity index (χ4n) is 2.15. The molecule has 1 aliphatic heterocycles. The van der Waals surface area contributed by atoms with Crippen LogP contribution in [0.1, 0.15) is 39.0 Å². The van der Waals surface area contributed by atoms with Crippen LogP contribution < -0.4 is 26.5 Å². The van der Waals surface area contributed by atoms with E-state index in [1.807, 2.05) is 0 Å². The average Bonchev–Trinajstić information content (AvgIpc) is 2.95. The second-order valence-corrected chi connectivity index (χ2v) is 8.09. The summed E-state index contributed by atoms with van der Waals surface area (Å²) in [4.78, 5) is 0. The van der Waals surface area contributed by atoms with Gasteiger partial charge in [-0.1, -0.05) is 0 Å². The number of nitrogens with one attached hydrogen (secondary N) is 1. The van der Waals surface area contributed by atoms with Crippen molar-refractivity contribution in [2.24, 2.45) is 5.92 Å². The molecule has 1 N–H and O–H groups in total. The van der Waals surface area contributed by atoms with Crippen LogP contribution in [-0.4, -0.2) is 20.9 Å². The van der Waals surface area contributed by atoms with Crippen molar-refractivity contribution in [1.82, 2.24) is 5.32 Å². The van der Waals surface area contributed by atoms with Crippen LogP contribution in [0.15, 0.2) is 12.2 Å². The molecule has 0 spiro atoms. The fraction of sp³-hybridized carbons (Fsp3) is 0.846. The summed E-state index contributed by atoms with van der Waals surface area (Å²) < 4.78 is 2.57. The molecule has 1 nitrogen and oxygen atoms in total. The predicted molar refractivity (Wildman–Crippen MR) is 61.8 cm³/mol. The first kappa shape index (κ1) is 11.9. The van der Waals surface area contributed by atoms with Gasteiger partial charge in [0, 0.05) is 0 Å². The normalized spacial score (nSPS) is 32.1. The fourth-order valence-corrected chi connectivity index (χ4v) is 6.06. The van der Waals surface area contributed by atoms with Gasteiger partial charge in [-0.3, -0.25) is 0 Å². The second-order valence-electron chi connectivity index (χ2n) is 4.69. The zero-order valence-corrected chi connectivity index (χ0v) is 11.9. The first-order chi connectivity index (χ1) is 7.40. The minimum atomic E-state index is 0.491. The van der Waals surface area contributed by atoms with Gasteiger partial charge in [-0.15, -0.1) is 0 Å². The molecule has 0 bridgehead atoms. The first-order valence-corrected chi connectivity index (χ1v) is 9.15. The van der Waals surface area contributed by atoms with E-state index in [0.29, 0.717) is 21.2 Å². The van der Waals surface area contributed by atoms with Gasteiger partial charge in [0.15, 0.2) is 0 Å². The van der Waals surface area contributed by atoms with Gasteiger partial charge in [-0.2, -0.15) is 0 Å². The van der Waals surface area contributed by atoms with E-state index >= 15 is 0 Å². The molecule has 1 saturated heterocycles. The van der Waals surface area contributed by atoms with Gasteiger partial charge in [0.1, 0.15) is 0 Å².